The van der Waals surface area contributed by atoms with E-state index in [0.29, 0.717) is 34.5 Å². The van der Waals surface area contributed by atoms with Crippen LogP contribution in [-0.2, 0) is 0 Å². The number of nitrogens with one attached hydrogen (secondary N) is 2. The Morgan fingerprint density at radius 2 is 2.03 bits per heavy atom. The van der Waals surface area contributed by atoms with Crippen LogP contribution in [0.15, 0.2) is 42.5 Å². The molecule has 4 rings (SSSR count). The molecule has 0 bridgehead atoms. The van der Waals surface area contributed by atoms with E-state index in [0.717, 1.165) is 18.4 Å². The maximum absolute atomic E-state index is 13.3. The van der Waals surface area contributed by atoms with Crippen LogP contribution in [0.5, 0.6) is 0 Å². The van der Waals surface area contributed by atoms with E-state index < -0.39 is 11.7 Å². The fraction of sp³-hybridized carbons (Fsp3) is 0.273. The molecule has 10 heteroatoms. The molecule has 2 aromatic carbocycles. The molecule has 166 valence electrons. The zero-order chi connectivity index (χ0) is 22.7. The van der Waals surface area contributed by atoms with E-state index in [4.69, 9.17) is 11.6 Å². The second-order valence-corrected chi connectivity index (χ2v) is 9.03. The highest BCUT2D eigenvalue weighted by Gasteiger charge is 2.28. The molecule has 0 spiro atoms. The molecule has 0 saturated carbocycles. The number of nitrogens with zero attached hydrogens (tertiary/aromatic N) is 3. The normalized spacial score (nSPS) is 16.0. The summed E-state index contributed by atoms with van der Waals surface area (Å²) in [5.74, 6) is -0.890. The third-order valence-electron chi connectivity index (χ3n) is 5.22. The number of likely N-dealkylation sites (tertiary alicyclic amines) is 1. The van der Waals surface area contributed by atoms with Crippen LogP contribution in [0.1, 0.15) is 39.1 Å². The maximum atomic E-state index is 13.3. The van der Waals surface area contributed by atoms with Gasteiger partial charge in [-0.05, 0) is 55.7 Å². The Labute approximate surface area is 193 Å². The van der Waals surface area contributed by atoms with E-state index in [-0.39, 0.29) is 17.0 Å². The zero-order valence-corrected chi connectivity index (χ0v) is 18.8. The molecule has 2 heterocycles. The van der Waals surface area contributed by atoms with Crippen molar-refractivity contribution in [2.45, 2.75) is 25.7 Å². The number of amides is 3. The summed E-state index contributed by atoms with van der Waals surface area (Å²) < 4.78 is 13.3. The number of hydrogen-bond acceptors (Lipinski definition) is 5. The smallest absolute Gasteiger partial charge is 0.321 e. The molecule has 1 atom stereocenters. The summed E-state index contributed by atoms with van der Waals surface area (Å²) in [5.41, 5.74) is 1.95. The van der Waals surface area contributed by atoms with Crippen LogP contribution in [0.25, 0.3) is 0 Å². The summed E-state index contributed by atoms with van der Waals surface area (Å²) in [6.45, 7) is 3.02. The summed E-state index contributed by atoms with van der Waals surface area (Å²) >= 11 is 7.24. The molecule has 2 N–H and O–H groups in total. The molecule has 1 saturated heterocycles. The van der Waals surface area contributed by atoms with Crippen molar-refractivity contribution in [1.82, 2.24) is 15.1 Å². The average Bonchev–Trinajstić information content (AvgIpc) is 3.27. The van der Waals surface area contributed by atoms with Crippen molar-refractivity contribution in [1.29, 1.82) is 0 Å². The molecule has 32 heavy (non-hydrogen) atoms. The van der Waals surface area contributed by atoms with Gasteiger partial charge in [-0.2, -0.15) is 0 Å². The highest BCUT2D eigenvalue weighted by atomic mass is 35.5. The molecule has 1 aliphatic rings. The summed E-state index contributed by atoms with van der Waals surface area (Å²) in [7, 11) is 0. The van der Waals surface area contributed by atoms with Gasteiger partial charge in [0, 0.05) is 35.4 Å². The minimum absolute atomic E-state index is 0.0109. The highest BCUT2D eigenvalue weighted by Crippen LogP contribution is 2.30. The third-order valence-corrected chi connectivity index (χ3v) is 6.54. The van der Waals surface area contributed by atoms with Gasteiger partial charge < -0.3 is 15.5 Å². The molecule has 1 aromatic heterocycles. The van der Waals surface area contributed by atoms with Gasteiger partial charge in [0.15, 0.2) is 0 Å². The monoisotopic (exact) mass is 473 g/mol. The third kappa shape index (κ3) is 5.23. The van der Waals surface area contributed by atoms with Crippen molar-refractivity contribution in [2.75, 3.05) is 23.7 Å². The molecule has 0 unspecified atom stereocenters. The number of halogens is 2. The van der Waals surface area contributed by atoms with Crippen LogP contribution in [0.4, 0.5) is 20.6 Å². The summed E-state index contributed by atoms with van der Waals surface area (Å²) in [4.78, 5) is 27.0. The minimum atomic E-state index is -0.443. The lowest BCUT2D eigenvalue weighted by Crippen LogP contribution is -2.41. The van der Waals surface area contributed by atoms with Gasteiger partial charge in [0.2, 0.25) is 5.01 Å². The lowest BCUT2D eigenvalue weighted by atomic mass is 9.99. The summed E-state index contributed by atoms with van der Waals surface area (Å²) in [5, 5.41) is 15.2. The van der Waals surface area contributed by atoms with E-state index in [1.54, 1.807) is 23.1 Å². The number of benzene rings is 2. The Hall–Kier alpha value is -3.04. The Balaban J connectivity index is 1.40. The second-order valence-electron chi connectivity index (χ2n) is 7.58. The van der Waals surface area contributed by atoms with E-state index in [1.165, 1.54) is 29.5 Å². The molecule has 7 nitrogen and oxygen atoms in total. The molecule has 3 aromatic rings. The standard InChI is InChI=1S/C22H21ClFN5O2S/c1-13-7-8-15(23)10-18(13)26-22(31)29-9-3-4-14(12-29)20-27-28-21(32-20)19(30)25-17-6-2-5-16(24)11-17/h2,5-8,10-11,14H,3-4,9,12H2,1H3,(H,25,30)(H,26,31)/t14-/m1/s1. The first-order valence-corrected chi connectivity index (χ1v) is 11.3. The number of anilines is 2. The van der Waals surface area contributed by atoms with Gasteiger partial charge in [0.05, 0.1) is 0 Å². The van der Waals surface area contributed by atoms with E-state index >= 15 is 0 Å². The van der Waals surface area contributed by atoms with Crippen LogP contribution < -0.4 is 10.6 Å². The number of piperidine rings is 1. The lowest BCUT2D eigenvalue weighted by molar-refractivity contribution is 0.102. The number of aryl methyl sites for hydroxylation is 1. The van der Waals surface area contributed by atoms with Crippen LogP contribution >= 0.6 is 22.9 Å². The largest absolute Gasteiger partial charge is 0.324 e. The lowest BCUT2D eigenvalue weighted by Gasteiger charge is -2.31. The van der Waals surface area contributed by atoms with Crippen molar-refractivity contribution >= 4 is 46.3 Å². The summed E-state index contributed by atoms with van der Waals surface area (Å²) in [6, 6.07) is 10.8. The van der Waals surface area contributed by atoms with E-state index in [2.05, 4.69) is 20.8 Å². The molecule has 3 amide bonds. The first-order valence-electron chi connectivity index (χ1n) is 10.1. The first kappa shape index (κ1) is 22.2. The molecule has 0 aliphatic carbocycles. The Morgan fingerprint density at radius 1 is 1.19 bits per heavy atom. The quantitative estimate of drug-likeness (QED) is 0.538. The SMILES string of the molecule is Cc1ccc(Cl)cc1NC(=O)N1CCC[C@@H](c2nnc(C(=O)Nc3cccc(F)c3)s2)C1. The second kappa shape index (κ2) is 9.62. The van der Waals surface area contributed by atoms with Crippen LogP contribution in [-0.4, -0.2) is 40.1 Å². The highest BCUT2D eigenvalue weighted by molar-refractivity contribution is 7.13. The van der Waals surface area contributed by atoms with Gasteiger partial charge in [-0.15, -0.1) is 10.2 Å². The topological polar surface area (TPSA) is 87.2 Å². The van der Waals surface area contributed by atoms with E-state index in [1.807, 2.05) is 13.0 Å². The predicted molar refractivity (Wildman–Crippen MR) is 123 cm³/mol. The molecular formula is C22H21ClFN5O2S. The number of aromatic nitrogens is 2. The molecule has 1 aliphatic heterocycles. The molecule has 1 fully saturated rings. The van der Waals surface area contributed by atoms with Gasteiger partial charge >= 0.3 is 6.03 Å². The van der Waals surface area contributed by atoms with Gasteiger partial charge in [0.25, 0.3) is 5.91 Å². The Kier molecular flexibility index (Phi) is 6.66. The Bertz CT molecular complexity index is 1150. The number of carbonyl (C=O) groups is 2. The first-order chi connectivity index (χ1) is 15.4. The van der Waals surface area contributed by atoms with Crippen molar-refractivity contribution in [3.63, 3.8) is 0 Å². The maximum Gasteiger partial charge on any atom is 0.321 e. The number of urea groups is 1. The van der Waals surface area contributed by atoms with Crippen LogP contribution in [0, 0.1) is 12.7 Å². The number of hydrogen-bond donors (Lipinski definition) is 2. The predicted octanol–water partition coefficient (Wildman–Crippen LogP) is 5.30. The van der Waals surface area contributed by atoms with Gasteiger partial charge in [-0.3, -0.25) is 4.79 Å². The van der Waals surface area contributed by atoms with Crippen molar-refractivity contribution < 1.29 is 14.0 Å². The fourth-order valence-corrected chi connectivity index (χ4v) is 4.56. The van der Waals surface area contributed by atoms with Crippen LogP contribution in [0.2, 0.25) is 5.02 Å². The minimum Gasteiger partial charge on any atom is -0.324 e. The average molecular weight is 474 g/mol. The molecular weight excluding hydrogens is 453 g/mol. The van der Waals surface area contributed by atoms with Crippen molar-refractivity contribution in [3.8, 4) is 0 Å². The number of rotatable bonds is 4. The van der Waals surface area contributed by atoms with E-state index in [9.17, 15) is 14.0 Å². The zero-order valence-electron chi connectivity index (χ0n) is 17.3. The molecule has 0 radical (unpaired) electrons. The number of carbonyl (C=O) groups excluding carboxylic acids is 2. The Morgan fingerprint density at radius 3 is 2.84 bits per heavy atom. The van der Waals surface area contributed by atoms with Crippen molar-refractivity contribution in [2.24, 2.45) is 0 Å². The van der Waals surface area contributed by atoms with Gasteiger partial charge in [-0.1, -0.05) is 35.1 Å². The van der Waals surface area contributed by atoms with Crippen LogP contribution in [0.3, 0.4) is 0 Å². The van der Waals surface area contributed by atoms with Crippen molar-refractivity contribution in [3.05, 3.63) is 68.9 Å². The van der Waals surface area contributed by atoms with Gasteiger partial charge in [-0.25, -0.2) is 9.18 Å². The summed E-state index contributed by atoms with van der Waals surface area (Å²) in [6.07, 6.45) is 1.66. The fourth-order valence-electron chi connectivity index (χ4n) is 3.53. The van der Waals surface area contributed by atoms with Gasteiger partial charge in [0.1, 0.15) is 10.8 Å².